The molecule has 5 heteroatoms. The van der Waals surface area contributed by atoms with Gasteiger partial charge in [-0.25, -0.2) is 4.39 Å². The van der Waals surface area contributed by atoms with Crippen LogP contribution in [0, 0.1) is 17.1 Å². The summed E-state index contributed by atoms with van der Waals surface area (Å²) in [5.74, 6) is -0.493. The van der Waals surface area contributed by atoms with Crippen LogP contribution in [-0.4, -0.2) is 5.91 Å². The van der Waals surface area contributed by atoms with Crippen molar-refractivity contribution in [3.8, 4) is 6.07 Å². The first kappa shape index (κ1) is 15.0. The van der Waals surface area contributed by atoms with Crippen LogP contribution in [0.1, 0.15) is 36.1 Å². The van der Waals surface area contributed by atoms with Crippen LogP contribution in [0.4, 0.5) is 15.8 Å². The first-order valence-corrected chi connectivity index (χ1v) is 7.46. The number of nitriles is 1. The van der Waals surface area contributed by atoms with E-state index >= 15 is 0 Å². The molecule has 0 spiro atoms. The second kappa shape index (κ2) is 6.09. The lowest BCUT2D eigenvalue weighted by Gasteiger charge is -2.21. The first-order chi connectivity index (χ1) is 11.1. The van der Waals surface area contributed by atoms with Crippen molar-refractivity contribution in [1.82, 2.24) is 0 Å². The second-order valence-corrected chi connectivity index (χ2v) is 5.60. The molecule has 3 rings (SSSR count). The average Bonchev–Trinajstić information content (AvgIpc) is 2.54. The topological polar surface area (TPSA) is 64.9 Å². The molecule has 2 aromatic rings. The van der Waals surface area contributed by atoms with E-state index in [2.05, 4.69) is 10.6 Å². The van der Waals surface area contributed by atoms with Crippen LogP contribution in [0.5, 0.6) is 0 Å². The van der Waals surface area contributed by atoms with Gasteiger partial charge in [0.15, 0.2) is 0 Å². The van der Waals surface area contributed by atoms with Crippen LogP contribution in [0.2, 0.25) is 0 Å². The van der Waals surface area contributed by atoms with Gasteiger partial charge in [0, 0.05) is 18.2 Å². The van der Waals surface area contributed by atoms with E-state index in [9.17, 15) is 9.18 Å². The Bertz CT molecular complexity index is 810. The van der Waals surface area contributed by atoms with E-state index in [1.54, 1.807) is 12.1 Å². The van der Waals surface area contributed by atoms with Crippen LogP contribution in [0.15, 0.2) is 36.4 Å². The van der Waals surface area contributed by atoms with E-state index in [1.165, 1.54) is 6.07 Å². The summed E-state index contributed by atoms with van der Waals surface area (Å²) in [6.07, 6.45) is 1.20. The minimum absolute atomic E-state index is 0.0181. The van der Waals surface area contributed by atoms with Gasteiger partial charge in [-0.05, 0) is 42.7 Å². The fraction of sp³-hybridized carbons (Fsp3) is 0.222. The Morgan fingerprint density at radius 2 is 2.13 bits per heavy atom. The highest BCUT2D eigenvalue weighted by Gasteiger charge is 2.17. The van der Waals surface area contributed by atoms with Gasteiger partial charge < -0.3 is 10.6 Å². The maximum atomic E-state index is 13.7. The van der Waals surface area contributed by atoms with Gasteiger partial charge in [-0.3, -0.25) is 4.79 Å². The fourth-order valence-electron chi connectivity index (χ4n) is 2.75. The van der Waals surface area contributed by atoms with Crippen molar-refractivity contribution in [3.05, 3.63) is 58.9 Å². The Balaban J connectivity index is 1.85. The maximum Gasteiger partial charge on any atom is 0.224 e. The summed E-state index contributed by atoms with van der Waals surface area (Å²) >= 11 is 0. The Morgan fingerprint density at radius 1 is 1.30 bits per heavy atom. The fourth-order valence-corrected chi connectivity index (χ4v) is 2.75. The number of halogens is 1. The van der Waals surface area contributed by atoms with Crippen LogP contribution in [0.25, 0.3) is 0 Å². The van der Waals surface area contributed by atoms with Crippen molar-refractivity contribution in [3.63, 3.8) is 0 Å². The molecular formula is C18H16FN3O. The molecule has 0 fully saturated rings. The van der Waals surface area contributed by atoms with Crippen LogP contribution < -0.4 is 10.6 Å². The number of rotatable bonds is 3. The molecule has 1 atom stereocenters. The molecule has 1 aliphatic rings. The zero-order chi connectivity index (χ0) is 16.4. The predicted octanol–water partition coefficient (Wildman–Crippen LogP) is 3.76. The Hall–Kier alpha value is -2.87. The molecule has 1 aliphatic heterocycles. The van der Waals surface area contributed by atoms with Gasteiger partial charge in [0.1, 0.15) is 17.4 Å². The molecule has 2 aromatic carbocycles. The van der Waals surface area contributed by atoms with Crippen LogP contribution in [0.3, 0.4) is 0 Å². The third-order valence-corrected chi connectivity index (χ3v) is 4.02. The molecule has 2 N–H and O–H groups in total. The Labute approximate surface area is 133 Å². The van der Waals surface area contributed by atoms with E-state index in [4.69, 9.17) is 5.26 Å². The minimum Gasteiger partial charge on any atom is -0.377 e. The van der Waals surface area contributed by atoms with Crippen molar-refractivity contribution in [2.45, 2.75) is 25.8 Å². The summed E-state index contributed by atoms with van der Waals surface area (Å²) in [6.45, 7) is 1.95. The van der Waals surface area contributed by atoms with E-state index in [-0.39, 0.29) is 17.5 Å². The summed E-state index contributed by atoms with van der Waals surface area (Å²) in [6, 6.07) is 12.2. The van der Waals surface area contributed by atoms with Crippen LogP contribution >= 0.6 is 0 Å². The third-order valence-electron chi connectivity index (χ3n) is 4.02. The Morgan fingerprint density at radius 3 is 2.91 bits per heavy atom. The zero-order valence-corrected chi connectivity index (χ0v) is 12.7. The average molecular weight is 309 g/mol. The molecule has 0 aliphatic carbocycles. The van der Waals surface area contributed by atoms with Crippen molar-refractivity contribution < 1.29 is 9.18 Å². The molecule has 0 aromatic heterocycles. The van der Waals surface area contributed by atoms with E-state index in [0.29, 0.717) is 18.5 Å². The molecule has 1 unspecified atom stereocenters. The van der Waals surface area contributed by atoms with Gasteiger partial charge in [-0.2, -0.15) is 5.26 Å². The predicted molar refractivity (Wildman–Crippen MR) is 86.5 cm³/mol. The summed E-state index contributed by atoms with van der Waals surface area (Å²) < 4.78 is 13.7. The molecule has 0 bridgehead atoms. The number of carbonyl (C=O) groups is 1. The van der Waals surface area contributed by atoms with Gasteiger partial charge in [0.2, 0.25) is 5.91 Å². The third kappa shape index (κ3) is 3.02. The quantitative estimate of drug-likeness (QED) is 0.907. The Kier molecular flexibility index (Phi) is 3.98. The van der Waals surface area contributed by atoms with E-state index in [0.717, 1.165) is 16.8 Å². The largest absolute Gasteiger partial charge is 0.377 e. The smallest absolute Gasteiger partial charge is 0.224 e. The monoisotopic (exact) mass is 309 g/mol. The number of nitrogens with one attached hydrogen (secondary N) is 2. The summed E-state index contributed by atoms with van der Waals surface area (Å²) in [4.78, 5) is 11.4. The van der Waals surface area contributed by atoms with Gasteiger partial charge in [-0.15, -0.1) is 0 Å². The number of carbonyl (C=O) groups excluding carboxylic acids is 1. The van der Waals surface area contributed by atoms with E-state index in [1.807, 2.05) is 31.2 Å². The summed E-state index contributed by atoms with van der Waals surface area (Å²) in [7, 11) is 0. The van der Waals surface area contributed by atoms with Gasteiger partial charge in [-0.1, -0.05) is 18.2 Å². The lowest BCUT2D eigenvalue weighted by Crippen LogP contribution is -2.19. The maximum absolute atomic E-state index is 13.7. The lowest BCUT2D eigenvalue weighted by molar-refractivity contribution is -0.116. The lowest BCUT2D eigenvalue weighted by atomic mass is 9.97. The number of anilines is 2. The van der Waals surface area contributed by atoms with Gasteiger partial charge in [0.05, 0.1) is 5.69 Å². The minimum atomic E-state index is -0.530. The van der Waals surface area contributed by atoms with Crippen LogP contribution in [-0.2, 0) is 11.2 Å². The number of fused-ring (bicyclic) bond motifs is 1. The number of benzene rings is 2. The highest BCUT2D eigenvalue weighted by molar-refractivity contribution is 5.93. The summed E-state index contributed by atoms with van der Waals surface area (Å²) in [5, 5.41) is 15.1. The van der Waals surface area contributed by atoms with Crippen molar-refractivity contribution in [1.29, 1.82) is 5.26 Å². The molecule has 1 heterocycles. The molecule has 0 saturated heterocycles. The highest BCUT2D eigenvalue weighted by Crippen LogP contribution is 2.28. The zero-order valence-electron chi connectivity index (χ0n) is 12.7. The van der Waals surface area contributed by atoms with Gasteiger partial charge >= 0.3 is 0 Å². The molecule has 0 radical (unpaired) electrons. The standard InChI is InChI=1S/C18H16FN3O/c1-11(21-17-4-2-3-15(19)14(17)10-20)12-5-7-16-13(9-12)6-8-18(23)22-16/h2-5,7,9,11,21H,6,8H2,1H3,(H,22,23). The number of hydrogen-bond acceptors (Lipinski definition) is 3. The van der Waals surface area contributed by atoms with Crippen molar-refractivity contribution in [2.75, 3.05) is 10.6 Å². The SMILES string of the molecule is CC(Nc1cccc(F)c1C#N)c1ccc2c(c1)CCC(=O)N2. The number of aryl methyl sites for hydroxylation is 1. The van der Waals surface area contributed by atoms with E-state index < -0.39 is 5.82 Å². The highest BCUT2D eigenvalue weighted by atomic mass is 19.1. The molecule has 4 nitrogen and oxygen atoms in total. The second-order valence-electron chi connectivity index (χ2n) is 5.60. The number of nitrogens with zero attached hydrogens (tertiary/aromatic N) is 1. The number of hydrogen-bond donors (Lipinski definition) is 2. The number of amides is 1. The van der Waals surface area contributed by atoms with Crippen molar-refractivity contribution >= 4 is 17.3 Å². The van der Waals surface area contributed by atoms with Gasteiger partial charge in [0.25, 0.3) is 0 Å². The molecule has 116 valence electrons. The molecule has 0 saturated carbocycles. The summed E-state index contributed by atoms with van der Waals surface area (Å²) in [5.41, 5.74) is 3.46. The molecule has 1 amide bonds. The normalized spacial score (nSPS) is 14.4. The molecule has 23 heavy (non-hydrogen) atoms. The van der Waals surface area contributed by atoms with Crippen molar-refractivity contribution in [2.24, 2.45) is 0 Å². The first-order valence-electron chi connectivity index (χ1n) is 7.46. The molecular weight excluding hydrogens is 293 g/mol.